The van der Waals surface area contributed by atoms with Gasteiger partial charge in [0.25, 0.3) is 0 Å². The summed E-state index contributed by atoms with van der Waals surface area (Å²) in [6, 6.07) is 9.56. The Morgan fingerprint density at radius 3 is 2.19 bits per heavy atom. The monoisotopic (exact) mass is 598 g/mol. The molecule has 0 nitrogen and oxygen atoms in total. The maximum atomic E-state index is 4.95. The number of benzene rings is 1. The fraction of sp³-hybridized carbons (Fsp3) is 0.571. The molecular formula is C28H46S3Sn. The van der Waals surface area contributed by atoms with Crippen LogP contribution in [0.25, 0.3) is 20.5 Å². The molecule has 1 aromatic carbocycles. The molecule has 0 aliphatic carbocycles. The molecule has 3 aromatic rings. The van der Waals surface area contributed by atoms with Crippen LogP contribution in [-0.2, 0) is 6.42 Å². The van der Waals surface area contributed by atoms with Crippen molar-refractivity contribution in [1.29, 1.82) is 0 Å². The summed E-state index contributed by atoms with van der Waals surface area (Å²) in [6.07, 6.45) is 6.53. The van der Waals surface area contributed by atoms with E-state index in [1.807, 2.05) is 50.4 Å². The van der Waals surface area contributed by atoms with Gasteiger partial charge in [0.1, 0.15) is 0 Å². The van der Waals surface area contributed by atoms with Crippen LogP contribution in [0.2, 0.25) is 14.8 Å². The van der Waals surface area contributed by atoms with Gasteiger partial charge in [0.05, 0.1) is 0 Å². The normalized spacial score (nSPS) is 12.1. The number of hydrogen-bond donors (Lipinski definition) is 1. The number of thiol groups is 1. The van der Waals surface area contributed by atoms with Crippen LogP contribution in [0.15, 0.2) is 29.2 Å². The Morgan fingerprint density at radius 1 is 0.969 bits per heavy atom. The third-order valence-electron chi connectivity index (χ3n) is 5.67. The third-order valence-corrected chi connectivity index (χ3v) is 17.9. The zero-order valence-electron chi connectivity index (χ0n) is 22.2. The Bertz CT molecular complexity index is 944. The van der Waals surface area contributed by atoms with E-state index in [1.165, 1.54) is 63.1 Å². The molecule has 1 atom stereocenters. The van der Waals surface area contributed by atoms with Gasteiger partial charge in [-0.1, -0.05) is 34.6 Å². The van der Waals surface area contributed by atoms with Gasteiger partial charge in [-0.25, -0.2) is 0 Å². The number of rotatable bonds is 8. The Balaban J connectivity index is 0.00000121. The Morgan fingerprint density at radius 2 is 1.62 bits per heavy atom. The zero-order chi connectivity index (χ0) is 24.5. The number of aryl methyl sites for hydroxylation is 1. The van der Waals surface area contributed by atoms with Gasteiger partial charge in [-0.15, -0.1) is 0 Å². The Labute approximate surface area is 216 Å². The average Bonchev–Trinajstić information content (AvgIpc) is 3.42. The molecule has 2 aromatic heterocycles. The predicted molar refractivity (Wildman–Crippen MR) is 160 cm³/mol. The second kappa shape index (κ2) is 14.4. The van der Waals surface area contributed by atoms with E-state index in [2.05, 4.69) is 59.9 Å². The fourth-order valence-corrected chi connectivity index (χ4v) is 11.8. The summed E-state index contributed by atoms with van der Waals surface area (Å²) in [5.74, 6) is 0.821. The summed E-state index contributed by atoms with van der Waals surface area (Å²) in [4.78, 5) is 11.6. The molecule has 0 radical (unpaired) electrons. The van der Waals surface area contributed by atoms with Crippen molar-refractivity contribution >= 4 is 66.7 Å². The molecule has 0 aliphatic heterocycles. The predicted octanol–water partition coefficient (Wildman–Crippen LogP) is 10.6. The quantitative estimate of drug-likeness (QED) is 0.194. The van der Waals surface area contributed by atoms with E-state index < -0.39 is 18.4 Å². The van der Waals surface area contributed by atoms with Crippen LogP contribution in [0.5, 0.6) is 0 Å². The molecule has 0 saturated heterocycles. The molecule has 0 saturated carbocycles. The summed E-state index contributed by atoms with van der Waals surface area (Å²) in [7, 11) is 0. The van der Waals surface area contributed by atoms with E-state index in [0.717, 1.165) is 10.8 Å². The topological polar surface area (TPSA) is 0 Å². The molecule has 4 heteroatoms. The van der Waals surface area contributed by atoms with E-state index in [1.54, 1.807) is 2.89 Å². The van der Waals surface area contributed by atoms with Gasteiger partial charge in [0, 0.05) is 0 Å². The van der Waals surface area contributed by atoms with Crippen LogP contribution in [0, 0.1) is 12.8 Å². The van der Waals surface area contributed by atoms with Crippen LogP contribution in [0.1, 0.15) is 77.7 Å². The van der Waals surface area contributed by atoms with Crippen LogP contribution in [0.3, 0.4) is 0 Å². The molecule has 1 unspecified atom stereocenters. The van der Waals surface area contributed by atoms with Gasteiger partial charge in [0.2, 0.25) is 0 Å². The van der Waals surface area contributed by atoms with E-state index in [9.17, 15) is 0 Å². The minimum atomic E-state index is -2.08. The summed E-state index contributed by atoms with van der Waals surface area (Å²) >= 11 is 6.90. The molecule has 0 aliphatic rings. The van der Waals surface area contributed by atoms with Crippen LogP contribution in [0.4, 0.5) is 0 Å². The van der Waals surface area contributed by atoms with Gasteiger partial charge in [0.15, 0.2) is 0 Å². The third kappa shape index (κ3) is 7.78. The molecule has 180 valence electrons. The maximum absolute atomic E-state index is 4.95. The first kappa shape index (κ1) is 30.1. The molecular weight excluding hydrogens is 551 g/mol. The molecule has 0 amide bonds. The first-order chi connectivity index (χ1) is 15.2. The van der Waals surface area contributed by atoms with Crippen molar-refractivity contribution in [3.05, 3.63) is 34.7 Å². The SMILES string of the molecule is CC.CC.CCCCC(CC)Cc1ccc(-c2c(S)c(C)cc3s[c]([Sn]([CH3])([CH3])[CH3])cc23)s1. The van der Waals surface area contributed by atoms with Gasteiger partial charge in [-0.05, 0) is 0 Å². The van der Waals surface area contributed by atoms with Gasteiger partial charge < -0.3 is 0 Å². The molecule has 3 rings (SSSR count). The van der Waals surface area contributed by atoms with E-state index >= 15 is 0 Å². The van der Waals surface area contributed by atoms with Gasteiger partial charge in [-0.3, -0.25) is 0 Å². The van der Waals surface area contributed by atoms with Crippen molar-refractivity contribution in [3.8, 4) is 10.4 Å². The fourth-order valence-electron chi connectivity index (χ4n) is 3.77. The van der Waals surface area contributed by atoms with E-state index in [-0.39, 0.29) is 0 Å². The van der Waals surface area contributed by atoms with Crippen molar-refractivity contribution < 1.29 is 0 Å². The van der Waals surface area contributed by atoms with Crippen molar-refractivity contribution in [3.63, 3.8) is 0 Å². The molecule has 0 bridgehead atoms. The van der Waals surface area contributed by atoms with Gasteiger partial charge >= 0.3 is 183 Å². The van der Waals surface area contributed by atoms with E-state index in [4.69, 9.17) is 12.6 Å². The summed E-state index contributed by atoms with van der Waals surface area (Å²) in [5, 5.41) is 1.42. The van der Waals surface area contributed by atoms with E-state index in [0.29, 0.717) is 0 Å². The summed E-state index contributed by atoms with van der Waals surface area (Å²) < 4.78 is 3.10. The standard InChI is InChI=1S/C21H25S3.2C2H6.3CH3.Sn/c1-4-6-7-15(5-2)13-16-8-9-18(24-16)20-17-10-11-23-19(17)12-14(3)21(20)22;2*1-2;;;;/h8-10,12,15,22H,4-7,13H2,1-3H3;2*1-2H3;3*1H3;. The number of unbranched alkanes of at least 4 members (excludes halogenated alkanes) is 1. The van der Waals surface area contributed by atoms with Crippen molar-refractivity contribution in [2.24, 2.45) is 5.92 Å². The number of hydrogen-bond acceptors (Lipinski definition) is 3. The molecule has 0 N–H and O–H groups in total. The molecule has 2 heterocycles. The van der Waals surface area contributed by atoms with Crippen molar-refractivity contribution in [1.82, 2.24) is 0 Å². The first-order valence-electron chi connectivity index (χ1n) is 12.6. The molecule has 32 heavy (non-hydrogen) atoms. The van der Waals surface area contributed by atoms with Gasteiger partial charge in [-0.2, -0.15) is 0 Å². The Hall–Kier alpha value is 0.0287. The first-order valence-corrected chi connectivity index (χ1v) is 24.7. The van der Waals surface area contributed by atoms with Crippen LogP contribution in [-0.4, -0.2) is 18.4 Å². The second-order valence-electron chi connectivity index (χ2n) is 9.08. The number of fused-ring (bicyclic) bond motifs is 1. The van der Waals surface area contributed by atoms with Crippen molar-refractivity contribution in [2.45, 2.75) is 100 Å². The zero-order valence-corrected chi connectivity index (χ0v) is 27.6. The van der Waals surface area contributed by atoms with Crippen molar-refractivity contribution in [2.75, 3.05) is 0 Å². The van der Waals surface area contributed by atoms with Crippen LogP contribution < -0.4 is 2.89 Å². The molecule has 0 fully saturated rings. The average molecular weight is 598 g/mol. The second-order valence-corrected chi connectivity index (χ2v) is 27.2. The summed E-state index contributed by atoms with van der Waals surface area (Å²) in [5.41, 5.74) is 2.67. The Kier molecular flexibility index (Phi) is 13.6. The van der Waals surface area contributed by atoms with Crippen LogP contribution >= 0.6 is 35.3 Å². The number of thiophene rings is 2. The molecule has 0 spiro atoms. The minimum absolute atomic E-state index is 0.821. The summed E-state index contributed by atoms with van der Waals surface area (Å²) in [6.45, 7) is 14.8.